The molecule has 2 aromatic rings. The normalized spacial score (nSPS) is 22.9. The molecule has 33 heavy (non-hydrogen) atoms. The van der Waals surface area contributed by atoms with Crippen LogP contribution in [0.1, 0.15) is 32.4 Å². The molecular formula is C23H30N6O4. The van der Waals surface area contributed by atoms with Crippen LogP contribution < -0.4 is 5.32 Å². The lowest BCUT2D eigenvalue weighted by Gasteiger charge is -2.25. The van der Waals surface area contributed by atoms with Gasteiger partial charge in [0.2, 0.25) is 11.8 Å². The second kappa shape index (κ2) is 8.84. The number of hydrogen-bond acceptors (Lipinski definition) is 6. The highest BCUT2D eigenvalue weighted by Crippen LogP contribution is 2.36. The maximum atomic E-state index is 13.1. The van der Waals surface area contributed by atoms with Gasteiger partial charge in [0.1, 0.15) is 0 Å². The van der Waals surface area contributed by atoms with Crippen LogP contribution in [-0.2, 0) is 20.8 Å². The summed E-state index contributed by atoms with van der Waals surface area (Å²) in [6.07, 6.45) is 2.45. The van der Waals surface area contributed by atoms with Crippen molar-refractivity contribution in [1.29, 1.82) is 0 Å². The Morgan fingerprint density at radius 1 is 1.27 bits per heavy atom. The summed E-state index contributed by atoms with van der Waals surface area (Å²) in [5.41, 5.74) is 1.24. The lowest BCUT2D eigenvalue weighted by Crippen LogP contribution is -2.41. The van der Waals surface area contributed by atoms with E-state index in [4.69, 9.17) is 0 Å². The van der Waals surface area contributed by atoms with E-state index in [1.54, 1.807) is 20.7 Å². The van der Waals surface area contributed by atoms with Crippen molar-refractivity contribution in [3.63, 3.8) is 0 Å². The van der Waals surface area contributed by atoms with Gasteiger partial charge in [-0.3, -0.25) is 14.4 Å². The molecule has 10 heteroatoms. The van der Waals surface area contributed by atoms with Crippen molar-refractivity contribution < 1.29 is 19.5 Å². The molecule has 1 aromatic heterocycles. The van der Waals surface area contributed by atoms with E-state index in [0.717, 1.165) is 11.4 Å². The lowest BCUT2D eigenvalue weighted by atomic mass is 9.82. The van der Waals surface area contributed by atoms with Crippen molar-refractivity contribution in [1.82, 2.24) is 24.8 Å². The second-order valence-corrected chi connectivity index (χ2v) is 9.26. The molecule has 3 heterocycles. The van der Waals surface area contributed by atoms with Crippen LogP contribution in [0.15, 0.2) is 30.5 Å². The highest BCUT2D eigenvalue weighted by atomic mass is 16.4. The summed E-state index contributed by atoms with van der Waals surface area (Å²) in [6.45, 7) is 4.72. The van der Waals surface area contributed by atoms with Crippen LogP contribution in [0.5, 0.6) is 0 Å². The zero-order chi connectivity index (χ0) is 23.8. The number of carboxylic acids is 1. The lowest BCUT2D eigenvalue weighted by molar-refractivity contribution is -0.148. The van der Waals surface area contributed by atoms with E-state index in [9.17, 15) is 19.5 Å². The number of benzene rings is 1. The van der Waals surface area contributed by atoms with Crippen LogP contribution >= 0.6 is 0 Å². The zero-order valence-corrected chi connectivity index (χ0v) is 19.2. The van der Waals surface area contributed by atoms with Gasteiger partial charge in [0.05, 0.1) is 28.9 Å². The predicted octanol–water partition coefficient (Wildman–Crippen LogP) is 1.41. The molecule has 0 spiro atoms. The molecule has 0 saturated carbocycles. The molecule has 2 N–H and O–H groups in total. The van der Waals surface area contributed by atoms with Gasteiger partial charge in [-0.05, 0) is 44.5 Å². The Kier molecular flexibility index (Phi) is 6.09. The van der Waals surface area contributed by atoms with Gasteiger partial charge in [-0.15, -0.1) is 5.10 Å². The van der Waals surface area contributed by atoms with Crippen molar-refractivity contribution in [2.75, 3.05) is 32.0 Å². The number of anilines is 1. The molecule has 0 bridgehead atoms. The summed E-state index contributed by atoms with van der Waals surface area (Å²) in [7, 11) is 1.84. The molecule has 1 aromatic carbocycles. The van der Waals surface area contributed by atoms with Crippen LogP contribution in [0.4, 0.5) is 5.69 Å². The average Bonchev–Trinajstić information content (AvgIpc) is 3.53. The maximum Gasteiger partial charge on any atom is 0.311 e. The van der Waals surface area contributed by atoms with Gasteiger partial charge in [-0.25, -0.2) is 4.68 Å². The Balaban J connectivity index is 1.46. The quantitative estimate of drug-likeness (QED) is 0.649. The molecule has 2 atom stereocenters. The number of carbonyl (C=O) groups is 3. The Labute approximate surface area is 192 Å². The van der Waals surface area contributed by atoms with Crippen LogP contribution in [0.2, 0.25) is 0 Å². The third-order valence-corrected chi connectivity index (χ3v) is 6.73. The first-order valence-electron chi connectivity index (χ1n) is 11.2. The first-order valence-corrected chi connectivity index (χ1v) is 11.2. The smallest absolute Gasteiger partial charge is 0.311 e. The van der Waals surface area contributed by atoms with E-state index in [1.165, 1.54) is 0 Å². The van der Waals surface area contributed by atoms with E-state index in [0.29, 0.717) is 25.2 Å². The Bertz CT molecular complexity index is 1050. The Hall–Kier alpha value is -3.43. The molecule has 2 saturated heterocycles. The molecule has 10 nitrogen and oxygen atoms in total. The standard InChI is InChI=1S/C23H30N6O4/c1-15(2)28-12-16(10-20(28)30)21(31)27-9-8-23(14-27,22(32)33)11-18-13-29(26-25-18)19-6-4-17(24-3)5-7-19/h4-7,13,15-16,24H,8-12,14H2,1-3H3,(H,32,33). The number of hydrogen-bond donors (Lipinski definition) is 2. The predicted molar refractivity (Wildman–Crippen MR) is 121 cm³/mol. The number of carbonyl (C=O) groups excluding carboxylic acids is 2. The number of carboxylic acid groups (broad SMARTS) is 1. The molecule has 0 radical (unpaired) electrons. The Morgan fingerprint density at radius 3 is 2.61 bits per heavy atom. The van der Waals surface area contributed by atoms with Crippen LogP contribution in [0.3, 0.4) is 0 Å². The molecule has 2 fully saturated rings. The van der Waals surface area contributed by atoms with Gasteiger partial charge in [0, 0.05) is 51.3 Å². The summed E-state index contributed by atoms with van der Waals surface area (Å²) in [5.74, 6) is -1.52. The SMILES string of the molecule is CNc1ccc(-n2cc(CC3(C(=O)O)CCN(C(=O)C4CC(=O)N(C(C)C)C4)C3)nn2)cc1. The molecule has 4 rings (SSSR count). The summed E-state index contributed by atoms with van der Waals surface area (Å²) in [5, 5.41) is 21.5. The largest absolute Gasteiger partial charge is 0.481 e. The fraction of sp³-hybridized carbons (Fsp3) is 0.522. The fourth-order valence-electron chi connectivity index (χ4n) is 4.74. The van der Waals surface area contributed by atoms with E-state index in [1.807, 2.05) is 45.2 Å². The van der Waals surface area contributed by atoms with Gasteiger partial charge in [-0.2, -0.15) is 0 Å². The van der Waals surface area contributed by atoms with Crippen LogP contribution in [0, 0.1) is 11.3 Å². The number of rotatable bonds is 7. The molecule has 176 valence electrons. The van der Waals surface area contributed by atoms with Gasteiger partial charge in [0.15, 0.2) is 0 Å². The van der Waals surface area contributed by atoms with Gasteiger partial charge < -0.3 is 20.2 Å². The van der Waals surface area contributed by atoms with Crippen molar-refractivity contribution in [3.8, 4) is 5.69 Å². The van der Waals surface area contributed by atoms with E-state index >= 15 is 0 Å². The minimum absolute atomic E-state index is 0.0218. The van der Waals surface area contributed by atoms with Crippen LogP contribution in [-0.4, -0.2) is 80.4 Å². The van der Waals surface area contributed by atoms with Crippen molar-refractivity contribution in [3.05, 3.63) is 36.2 Å². The number of aromatic nitrogens is 3. The maximum absolute atomic E-state index is 13.1. The fourth-order valence-corrected chi connectivity index (χ4v) is 4.74. The molecular weight excluding hydrogens is 424 g/mol. The number of amides is 2. The number of likely N-dealkylation sites (tertiary alicyclic amines) is 2. The summed E-state index contributed by atoms with van der Waals surface area (Å²) < 4.78 is 1.62. The van der Waals surface area contributed by atoms with E-state index < -0.39 is 17.3 Å². The third-order valence-electron chi connectivity index (χ3n) is 6.73. The first kappa shape index (κ1) is 22.8. The number of nitrogens with one attached hydrogen (secondary N) is 1. The minimum Gasteiger partial charge on any atom is -0.481 e. The minimum atomic E-state index is -1.12. The number of aliphatic carboxylic acids is 1. The Morgan fingerprint density at radius 2 is 2.00 bits per heavy atom. The highest BCUT2D eigenvalue weighted by molar-refractivity contribution is 5.90. The number of nitrogens with zero attached hydrogens (tertiary/aromatic N) is 5. The highest BCUT2D eigenvalue weighted by Gasteiger charge is 2.49. The van der Waals surface area contributed by atoms with Gasteiger partial charge >= 0.3 is 5.97 Å². The molecule has 2 amide bonds. The van der Waals surface area contributed by atoms with Gasteiger partial charge in [-0.1, -0.05) is 5.21 Å². The zero-order valence-electron chi connectivity index (χ0n) is 19.2. The average molecular weight is 455 g/mol. The topological polar surface area (TPSA) is 121 Å². The van der Waals surface area contributed by atoms with Gasteiger partial charge in [0.25, 0.3) is 0 Å². The molecule has 2 aliphatic heterocycles. The molecule has 2 unspecified atom stereocenters. The summed E-state index contributed by atoms with van der Waals surface area (Å²) in [4.78, 5) is 40.9. The molecule has 0 aliphatic carbocycles. The third kappa shape index (κ3) is 4.42. The van der Waals surface area contributed by atoms with Crippen molar-refractivity contribution in [2.45, 2.75) is 39.2 Å². The monoisotopic (exact) mass is 454 g/mol. The van der Waals surface area contributed by atoms with Crippen LogP contribution in [0.25, 0.3) is 5.69 Å². The van der Waals surface area contributed by atoms with E-state index in [-0.39, 0.29) is 37.2 Å². The van der Waals surface area contributed by atoms with Crippen molar-refractivity contribution >= 4 is 23.5 Å². The van der Waals surface area contributed by atoms with E-state index in [2.05, 4.69) is 15.6 Å². The first-order chi connectivity index (χ1) is 15.7. The summed E-state index contributed by atoms with van der Waals surface area (Å²) in [6, 6.07) is 7.69. The second-order valence-electron chi connectivity index (χ2n) is 9.26. The summed E-state index contributed by atoms with van der Waals surface area (Å²) >= 11 is 0. The van der Waals surface area contributed by atoms with Crippen molar-refractivity contribution in [2.24, 2.45) is 11.3 Å². The molecule has 2 aliphatic rings.